The molecule has 4 aliphatic rings. The number of fused-ring (bicyclic) bond motifs is 5. The van der Waals surface area contributed by atoms with E-state index in [0.29, 0.717) is 35.5 Å². The zero-order chi connectivity index (χ0) is 24.8. The van der Waals surface area contributed by atoms with Crippen LogP contribution in [0.15, 0.2) is 0 Å². The number of carboxylic acid groups (broad SMARTS) is 1. The fourth-order valence-corrected chi connectivity index (χ4v) is 9.36. The van der Waals surface area contributed by atoms with Gasteiger partial charge in [-0.1, -0.05) is 20.8 Å². The van der Waals surface area contributed by atoms with Gasteiger partial charge in [0.05, 0.1) is 0 Å². The highest BCUT2D eigenvalue weighted by molar-refractivity contribution is 5.67. The van der Waals surface area contributed by atoms with Gasteiger partial charge in [0.25, 0.3) is 0 Å². The van der Waals surface area contributed by atoms with Crippen molar-refractivity contribution in [3.63, 3.8) is 0 Å². The number of carboxylic acids is 1. The van der Waals surface area contributed by atoms with Crippen molar-refractivity contribution >= 4 is 17.9 Å². The van der Waals surface area contributed by atoms with Gasteiger partial charge in [-0.05, 0) is 98.2 Å². The van der Waals surface area contributed by atoms with Crippen LogP contribution in [-0.4, -0.2) is 35.2 Å². The second-order valence-corrected chi connectivity index (χ2v) is 12.5. The zero-order valence-electron chi connectivity index (χ0n) is 21.7. The zero-order valence-corrected chi connectivity index (χ0v) is 21.7. The maximum Gasteiger partial charge on any atom is 0.303 e. The van der Waals surface area contributed by atoms with Crippen molar-refractivity contribution in [3.05, 3.63) is 0 Å². The van der Waals surface area contributed by atoms with E-state index in [4.69, 9.17) is 9.47 Å². The predicted molar refractivity (Wildman–Crippen MR) is 128 cm³/mol. The van der Waals surface area contributed by atoms with E-state index in [2.05, 4.69) is 20.8 Å². The van der Waals surface area contributed by atoms with Crippen molar-refractivity contribution in [1.29, 1.82) is 0 Å². The van der Waals surface area contributed by atoms with Crippen LogP contribution in [-0.2, 0) is 23.9 Å². The van der Waals surface area contributed by atoms with Crippen molar-refractivity contribution in [2.75, 3.05) is 0 Å². The lowest BCUT2D eigenvalue weighted by atomic mass is 9.43. The summed E-state index contributed by atoms with van der Waals surface area (Å²) in [4.78, 5) is 35.0. The SMILES string of the molecule is CC(=O)O[C@@H]1CC[C@@]2(C)[C@@H](C1)C[C@@H](OC(C)=O)[C@@H]1[C@@H]2CC[C@]2(C)[C@@H]([C@H](C)CCC(=O)O)CC[C@@H]12. The minimum absolute atomic E-state index is 0.0232. The highest BCUT2D eigenvalue weighted by Gasteiger charge is 2.63. The van der Waals surface area contributed by atoms with Gasteiger partial charge in [0, 0.05) is 26.2 Å². The molecular formula is C28H44O6. The smallest absolute Gasteiger partial charge is 0.303 e. The van der Waals surface area contributed by atoms with Gasteiger partial charge < -0.3 is 14.6 Å². The van der Waals surface area contributed by atoms with Crippen LogP contribution in [0.4, 0.5) is 0 Å². The van der Waals surface area contributed by atoms with Gasteiger partial charge in [0.15, 0.2) is 0 Å². The summed E-state index contributed by atoms with van der Waals surface area (Å²) in [6, 6.07) is 0. The number of aliphatic carboxylic acids is 1. The van der Waals surface area contributed by atoms with E-state index in [-0.39, 0.29) is 41.4 Å². The third-order valence-corrected chi connectivity index (χ3v) is 10.8. The Labute approximate surface area is 204 Å². The maximum absolute atomic E-state index is 12.2. The molecule has 0 aromatic carbocycles. The molecule has 0 spiro atoms. The molecule has 0 radical (unpaired) electrons. The number of esters is 2. The van der Waals surface area contributed by atoms with Crippen LogP contribution in [0.5, 0.6) is 0 Å². The van der Waals surface area contributed by atoms with Gasteiger partial charge in [-0.15, -0.1) is 0 Å². The summed E-state index contributed by atoms with van der Waals surface area (Å²) < 4.78 is 11.7. The molecule has 1 N–H and O–H groups in total. The number of rotatable bonds is 6. The Morgan fingerprint density at radius 2 is 1.56 bits per heavy atom. The van der Waals surface area contributed by atoms with Crippen LogP contribution in [0.1, 0.15) is 98.8 Å². The van der Waals surface area contributed by atoms with E-state index in [0.717, 1.165) is 51.4 Å². The summed E-state index contributed by atoms with van der Waals surface area (Å²) in [6.07, 6.45) is 9.20. The summed E-state index contributed by atoms with van der Waals surface area (Å²) in [5.41, 5.74) is 0.363. The first kappa shape index (κ1) is 25.5. The van der Waals surface area contributed by atoms with Crippen LogP contribution in [0.25, 0.3) is 0 Å². The molecule has 6 heteroatoms. The topological polar surface area (TPSA) is 89.9 Å². The van der Waals surface area contributed by atoms with E-state index < -0.39 is 5.97 Å². The minimum Gasteiger partial charge on any atom is -0.481 e. The average molecular weight is 477 g/mol. The maximum atomic E-state index is 12.2. The van der Waals surface area contributed by atoms with Crippen LogP contribution in [0.3, 0.4) is 0 Å². The molecule has 0 heterocycles. The monoisotopic (exact) mass is 476 g/mol. The van der Waals surface area contributed by atoms with E-state index >= 15 is 0 Å². The largest absolute Gasteiger partial charge is 0.481 e. The molecule has 0 saturated heterocycles. The van der Waals surface area contributed by atoms with Crippen LogP contribution in [0.2, 0.25) is 0 Å². The third kappa shape index (κ3) is 4.51. The molecule has 4 fully saturated rings. The van der Waals surface area contributed by atoms with Crippen LogP contribution < -0.4 is 0 Å². The van der Waals surface area contributed by atoms with Gasteiger partial charge in [-0.3, -0.25) is 14.4 Å². The highest BCUT2D eigenvalue weighted by atomic mass is 16.5. The molecule has 0 amide bonds. The summed E-state index contributed by atoms with van der Waals surface area (Å²) in [7, 11) is 0. The van der Waals surface area contributed by atoms with Gasteiger partial charge in [0.2, 0.25) is 0 Å². The Hall–Kier alpha value is -1.59. The van der Waals surface area contributed by atoms with Crippen molar-refractivity contribution in [2.45, 2.75) is 111 Å². The molecule has 6 nitrogen and oxygen atoms in total. The van der Waals surface area contributed by atoms with E-state index in [1.807, 2.05) is 0 Å². The summed E-state index contributed by atoms with van der Waals surface area (Å²) in [6.45, 7) is 10.2. The Bertz CT molecular complexity index is 809. The van der Waals surface area contributed by atoms with Gasteiger partial charge >= 0.3 is 17.9 Å². The molecule has 0 aromatic rings. The number of carbonyl (C=O) groups excluding carboxylic acids is 2. The molecule has 192 valence electrons. The Morgan fingerprint density at radius 3 is 2.21 bits per heavy atom. The second-order valence-electron chi connectivity index (χ2n) is 12.5. The molecule has 0 bridgehead atoms. The summed E-state index contributed by atoms with van der Waals surface area (Å²) in [5, 5.41) is 9.20. The predicted octanol–water partition coefficient (Wildman–Crippen LogP) is 5.62. The van der Waals surface area contributed by atoms with Crippen molar-refractivity contribution in [1.82, 2.24) is 0 Å². The van der Waals surface area contributed by atoms with Crippen molar-refractivity contribution in [2.24, 2.45) is 46.3 Å². The first-order valence-corrected chi connectivity index (χ1v) is 13.5. The normalized spacial score (nSPS) is 44.2. The molecule has 0 aliphatic heterocycles. The molecule has 34 heavy (non-hydrogen) atoms. The van der Waals surface area contributed by atoms with Crippen LogP contribution >= 0.6 is 0 Å². The lowest BCUT2D eigenvalue weighted by Gasteiger charge is -2.62. The fourth-order valence-electron chi connectivity index (χ4n) is 9.36. The average Bonchev–Trinajstić information content (AvgIpc) is 3.09. The standard InChI is InChI=1S/C28H44O6/c1-16(6-9-25(31)32)21-7-8-22-26-23(11-13-28(21,22)5)27(4)12-10-20(33-17(2)29)14-19(27)15-24(26)34-18(3)30/h16,19-24,26H,6-15H2,1-5H3,(H,31,32)/t16-,19+,20-,21-,22+,23+,24-,26+,27+,28-/m1/s1. The van der Waals surface area contributed by atoms with Crippen molar-refractivity contribution < 1.29 is 29.0 Å². The minimum atomic E-state index is -0.708. The Morgan fingerprint density at radius 1 is 0.912 bits per heavy atom. The van der Waals surface area contributed by atoms with E-state index in [1.165, 1.54) is 20.3 Å². The molecule has 4 aliphatic carbocycles. The molecule has 10 atom stereocenters. The molecule has 4 saturated carbocycles. The number of ether oxygens (including phenoxy) is 2. The van der Waals surface area contributed by atoms with Crippen LogP contribution in [0, 0.1) is 46.3 Å². The summed E-state index contributed by atoms with van der Waals surface area (Å²) in [5.74, 6) is 1.59. The van der Waals surface area contributed by atoms with Crippen molar-refractivity contribution in [3.8, 4) is 0 Å². The number of hydrogen-bond donors (Lipinski definition) is 1. The van der Waals surface area contributed by atoms with E-state index in [1.54, 1.807) is 0 Å². The first-order valence-electron chi connectivity index (χ1n) is 13.5. The molecule has 4 rings (SSSR count). The van der Waals surface area contributed by atoms with E-state index in [9.17, 15) is 19.5 Å². The number of hydrogen-bond acceptors (Lipinski definition) is 5. The highest BCUT2D eigenvalue weighted by Crippen LogP contribution is 2.68. The fraction of sp³-hybridized carbons (Fsp3) is 0.893. The second kappa shape index (κ2) is 9.46. The lowest BCUT2D eigenvalue weighted by molar-refractivity contribution is -0.197. The quantitative estimate of drug-likeness (QED) is 0.501. The number of carbonyl (C=O) groups is 3. The summed E-state index contributed by atoms with van der Waals surface area (Å²) >= 11 is 0. The molecular weight excluding hydrogens is 432 g/mol. The Balaban J connectivity index is 1.59. The third-order valence-electron chi connectivity index (χ3n) is 10.8. The molecule has 0 unspecified atom stereocenters. The lowest BCUT2D eigenvalue weighted by Crippen LogP contribution is -2.59. The van der Waals surface area contributed by atoms with Gasteiger partial charge in [0.1, 0.15) is 12.2 Å². The Kier molecular flexibility index (Phi) is 7.10. The molecule has 0 aromatic heterocycles. The first-order chi connectivity index (χ1) is 16.0. The van der Waals surface area contributed by atoms with Gasteiger partial charge in [-0.2, -0.15) is 0 Å². The van der Waals surface area contributed by atoms with Gasteiger partial charge in [-0.25, -0.2) is 0 Å².